The third-order valence-corrected chi connectivity index (χ3v) is 3.56. The number of morpholine rings is 1. The first-order valence-corrected chi connectivity index (χ1v) is 6.42. The number of nitrogens with one attached hydrogen (secondary N) is 1. The van der Waals surface area contributed by atoms with Crippen LogP contribution in [0.4, 0.5) is 0 Å². The molecule has 5 heteroatoms. The lowest BCUT2D eigenvalue weighted by molar-refractivity contribution is 0.0685. The van der Waals surface area contributed by atoms with Gasteiger partial charge in [-0.25, -0.2) is 0 Å². The molecule has 2 rings (SSSR count). The van der Waals surface area contributed by atoms with Gasteiger partial charge in [0.25, 0.3) is 0 Å². The lowest BCUT2D eigenvalue weighted by Crippen LogP contribution is -2.47. The molecule has 4 nitrogen and oxygen atoms in total. The van der Waals surface area contributed by atoms with E-state index in [4.69, 9.17) is 15.2 Å². The van der Waals surface area contributed by atoms with Crippen molar-refractivity contribution in [3.05, 3.63) is 28.2 Å². The molecule has 17 heavy (non-hydrogen) atoms. The molecule has 0 radical (unpaired) electrons. The second-order valence-corrected chi connectivity index (χ2v) is 4.91. The van der Waals surface area contributed by atoms with E-state index >= 15 is 0 Å². The zero-order chi connectivity index (χ0) is 12.3. The van der Waals surface area contributed by atoms with Crippen molar-refractivity contribution in [2.45, 2.75) is 12.1 Å². The molecule has 0 aliphatic carbocycles. The molecule has 1 fully saturated rings. The van der Waals surface area contributed by atoms with Crippen molar-refractivity contribution in [1.82, 2.24) is 5.32 Å². The van der Waals surface area contributed by atoms with Crippen LogP contribution in [0, 0.1) is 0 Å². The van der Waals surface area contributed by atoms with Gasteiger partial charge in [0.2, 0.25) is 0 Å². The van der Waals surface area contributed by atoms with Crippen LogP contribution in [0.15, 0.2) is 22.7 Å². The van der Waals surface area contributed by atoms with Gasteiger partial charge in [0, 0.05) is 18.6 Å². The van der Waals surface area contributed by atoms with Crippen LogP contribution in [-0.2, 0) is 4.74 Å². The Labute approximate surface area is 110 Å². The molecule has 0 bridgehead atoms. The summed E-state index contributed by atoms with van der Waals surface area (Å²) in [5, 5.41) is 3.37. The third-order valence-electron chi connectivity index (χ3n) is 2.94. The van der Waals surface area contributed by atoms with Gasteiger partial charge in [-0.1, -0.05) is 6.07 Å². The minimum absolute atomic E-state index is 0.0718. The molecular formula is C12H17BrN2O2. The predicted octanol–water partition coefficient (Wildman–Crippen LogP) is 1.45. The van der Waals surface area contributed by atoms with Crippen molar-refractivity contribution in [2.24, 2.45) is 5.73 Å². The Morgan fingerprint density at radius 1 is 1.59 bits per heavy atom. The van der Waals surface area contributed by atoms with Gasteiger partial charge in [-0.3, -0.25) is 0 Å². The van der Waals surface area contributed by atoms with Crippen LogP contribution in [0.3, 0.4) is 0 Å². The topological polar surface area (TPSA) is 56.5 Å². The molecule has 94 valence electrons. The summed E-state index contributed by atoms with van der Waals surface area (Å²) >= 11 is 3.47. The SMILES string of the molecule is COc1ccc(C(N)C2COCCN2)cc1Br. The molecule has 1 heterocycles. The minimum atomic E-state index is -0.0718. The smallest absolute Gasteiger partial charge is 0.133 e. The average Bonchev–Trinajstić information content (AvgIpc) is 2.39. The molecular weight excluding hydrogens is 284 g/mol. The maximum Gasteiger partial charge on any atom is 0.133 e. The normalized spacial score (nSPS) is 22.2. The summed E-state index contributed by atoms with van der Waals surface area (Å²) in [5.74, 6) is 0.814. The summed E-state index contributed by atoms with van der Waals surface area (Å²) in [6.45, 7) is 2.27. The van der Waals surface area contributed by atoms with Gasteiger partial charge < -0.3 is 20.5 Å². The lowest BCUT2D eigenvalue weighted by Gasteiger charge is -2.29. The first-order chi connectivity index (χ1) is 8.22. The number of benzene rings is 1. The average molecular weight is 301 g/mol. The van der Waals surface area contributed by atoms with E-state index in [9.17, 15) is 0 Å². The molecule has 2 unspecified atom stereocenters. The highest BCUT2D eigenvalue weighted by molar-refractivity contribution is 9.10. The highest BCUT2D eigenvalue weighted by Gasteiger charge is 2.22. The van der Waals surface area contributed by atoms with Crippen LogP contribution in [0.1, 0.15) is 11.6 Å². The first kappa shape index (κ1) is 12.8. The van der Waals surface area contributed by atoms with E-state index in [1.165, 1.54) is 0 Å². The molecule has 0 spiro atoms. The van der Waals surface area contributed by atoms with Gasteiger partial charge in [-0.15, -0.1) is 0 Å². The monoisotopic (exact) mass is 300 g/mol. The number of ether oxygens (including phenoxy) is 2. The first-order valence-electron chi connectivity index (χ1n) is 5.62. The fourth-order valence-electron chi connectivity index (χ4n) is 1.94. The van der Waals surface area contributed by atoms with Crippen LogP contribution in [0.2, 0.25) is 0 Å². The Balaban J connectivity index is 2.12. The lowest BCUT2D eigenvalue weighted by atomic mass is 10.00. The van der Waals surface area contributed by atoms with Gasteiger partial charge >= 0.3 is 0 Å². The third kappa shape index (κ3) is 2.98. The van der Waals surface area contributed by atoms with Crippen molar-refractivity contribution in [3.8, 4) is 5.75 Å². The Bertz CT molecular complexity index is 381. The zero-order valence-electron chi connectivity index (χ0n) is 9.78. The van der Waals surface area contributed by atoms with E-state index in [1.807, 2.05) is 18.2 Å². The molecule has 1 aromatic carbocycles. The fourth-order valence-corrected chi connectivity index (χ4v) is 2.50. The molecule has 3 N–H and O–H groups in total. The second-order valence-electron chi connectivity index (χ2n) is 4.06. The highest BCUT2D eigenvalue weighted by atomic mass is 79.9. The van der Waals surface area contributed by atoms with Gasteiger partial charge in [0.1, 0.15) is 5.75 Å². The van der Waals surface area contributed by atoms with Crippen LogP contribution in [0.5, 0.6) is 5.75 Å². The quantitative estimate of drug-likeness (QED) is 0.887. The maximum atomic E-state index is 6.23. The van der Waals surface area contributed by atoms with Gasteiger partial charge in [-0.05, 0) is 33.6 Å². The summed E-state index contributed by atoms with van der Waals surface area (Å²) in [6, 6.07) is 6.01. The number of methoxy groups -OCH3 is 1. The molecule has 1 aromatic rings. The summed E-state index contributed by atoms with van der Waals surface area (Å²) in [4.78, 5) is 0. The van der Waals surface area contributed by atoms with Crippen molar-refractivity contribution >= 4 is 15.9 Å². The zero-order valence-corrected chi connectivity index (χ0v) is 11.4. The summed E-state index contributed by atoms with van der Waals surface area (Å²) in [7, 11) is 1.65. The van der Waals surface area contributed by atoms with E-state index in [0.29, 0.717) is 6.61 Å². The summed E-state index contributed by atoms with van der Waals surface area (Å²) in [5.41, 5.74) is 7.30. The van der Waals surface area contributed by atoms with Crippen molar-refractivity contribution < 1.29 is 9.47 Å². The molecule has 1 saturated heterocycles. The Morgan fingerprint density at radius 3 is 3.00 bits per heavy atom. The Hall–Kier alpha value is -0.620. The van der Waals surface area contributed by atoms with Crippen molar-refractivity contribution in [1.29, 1.82) is 0 Å². The molecule has 0 aromatic heterocycles. The van der Waals surface area contributed by atoms with Crippen molar-refractivity contribution in [2.75, 3.05) is 26.9 Å². The number of rotatable bonds is 3. The van der Waals surface area contributed by atoms with E-state index in [0.717, 1.165) is 28.9 Å². The fraction of sp³-hybridized carbons (Fsp3) is 0.500. The van der Waals surface area contributed by atoms with E-state index < -0.39 is 0 Å². The Kier molecular flexibility index (Phi) is 4.39. The van der Waals surface area contributed by atoms with Crippen LogP contribution < -0.4 is 15.8 Å². The second kappa shape index (κ2) is 5.82. The summed E-state index contributed by atoms with van der Waals surface area (Å²) < 4.78 is 11.5. The van der Waals surface area contributed by atoms with Gasteiger partial charge in [0.15, 0.2) is 0 Å². The van der Waals surface area contributed by atoms with E-state index in [2.05, 4.69) is 21.2 Å². The molecule has 0 saturated carbocycles. The highest BCUT2D eigenvalue weighted by Crippen LogP contribution is 2.28. The van der Waals surface area contributed by atoms with Gasteiger partial charge in [0.05, 0.1) is 24.8 Å². The van der Waals surface area contributed by atoms with Crippen molar-refractivity contribution in [3.63, 3.8) is 0 Å². The van der Waals surface area contributed by atoms with Crippen LogP contribution in [-0.4, -0.2) is 32.9 Å². The maximum absolute atomic E-state index is 6.23. The van der Waals surface area contributed by atoms with E-state index in [1.54, 1.807) is 7.11 Å². The van der Waals surface area contributed by atoms with Crippen LogP contribution in [0.25, 0.3) is 0 Å². The standard InChI is InChI=1S/C12H17BrN2O2/c1-16-11-3-2-8(6-9(11)13)12(14)10-7-17-5-4-15-10/h2-3,6,10,12,15H,4-5,7,14H2,1H3. The van der Waals surface area contributed by atoms with Crippen LogP contribution >= 0.6 is 15.9 Å². The number of nitrogens with two attached hydrogens (primary N) is 1. The van der Waals surface area contributed by atoms with Gasteiger partial charge in [-0.2, -0.15) is 0 Å². The number of halogens is 1. The minimum Gasteiger partial charge on any atom is -0.496 e. The summed E-state index contributed by atoms with van der Waals surface area (Å²) in [6.07, 6.45) is 0. The Morgan fingerprint density at radius 2 is 2.41 bits per heavy atom. The number of hydrogen-bond donors (Lipinski definition) is 2. The van der Waals surface area contributed by atoms with E-state index in [-0.39, 0.29) is 12.1 Å². The molecule has 1 aliphatic heterocycles. The molecule has 2 atom stereocenters. The number of hydrogen-bond acceptors (Lipinski definition) is 4. The predicted molar refractivity (Wildman–Crippen MR) is 70.2 cm³/mol. The molecule has 1 aliphatic rings. The largest absolute Gasteiger partial charge is 0.496 e. The molecule has 0 amide bonds.